The van der Waals surface area contributed by atoms with Crippen molar-refractivity contribution in [1.29, 1.82) is 0 Å². The minimum Gasteiger partial charge on any atom is -0.460 e. The minimum atomic E-state index is -0.892. The Morgan fingerprint density at radius 1 is 1.39 bits per heavy atom. The summed E-state index contributed by atoms with van der Waals surface area (Å²) < 4.78 is 4.64. The molecule has 2 rings (SSSR count). The summed E-state index contributed by atoms with van der Waals surface area (Å²) in [6, 6.07) is 4.70. The Hall–Kier alpha value is -2.17. The maximum Gasteiger partial charge on any atom is 0.379 e. The molecular formula is C13H13NO4. The zero-order valence-electron chi connectivity index (χ0n) is 10.2. The first-order chi connectivity index (χ1) is 8.54. The van der Waals surface area contributed by atoms with Crippen LogP contribution in [0.3, 0.4) is 0 Å². The number of carbonyl (C=O) groups excluding carboxylic acids is 3. The molecule has 1 aromatic carbocycles. The third-order valence-electron chi connectivity index (χ3n) is 2.82. The second-order valence-corrected chi connectivity index (χ2v) is 4.08. The fourth-order valence-corrected chi connectivity index (χ4v) is 1.90. The van der Waals surface area contributed by atoms with Crippen LogP contribution in [0.2, 0.25) is 0 Å². The fourth-order valence-electron chi connectivity index (χ4n) is 1.90. The Morgan fingerprint density at radius 3 is 2.78 bits per heavy atom. The van der Waals surface area contributed by atoms with E-state index in [1.54, 1.807) is 31.0 Å². The van der Waals surface area contributed by atoms with Gasteiger partial charge in [-0.05, 0) is 18.6 Å². The van der Waals surface area contributed by atoms with Gasteiger partial charge in [0.2, 0.25) is 0 Å². The standard InChI is InChI=1S/C13H13NO4/c1-3-18-13(17)11(15)8-4-5-9-7-14(2)12(16)10(9)6-8/h4-6H,3,7H2,1-2H3. The van der Waals surface area contributed by atoms with Crippen LogP contribution in [-0.4, -0.2) is 36.2 Å². The average Bonchev–Trinajstić information content (AvgIpc) is 2.64. The summed E-state index contributed by atoms with van der Waals surface area (Å²) >= 11 is 0. The fraction of sp³-hybridized carbons (Fsp3) is 0.308. The van der Waals surface area contributed by atoms with E-state index >= 15 is 0 Å². The maximum absolute atomic E-state index is 11.8. The van der Waals surface area contributed by atoms with Gasteiger partial charge < -0.3 is 9.64 Å². The van der Waals surface area contributed by atoms with Crippen molar-refractivity contribution in [2.45, 2.75) is 13.5 Å². The van der Waals surface area contributed by atoms with E-state index in [1.807, 2.05) is 0 Å². The molecule has 1 aliphatic heterocycles. The minimum absolute atomic E-state index is 0.136. The first-order valence-corrected chi connectivity index (χ1v) is 5.64. The summed E-state index contributed by atoms with van der Waals surface area (Å²) in [5.41, 5.74) is 1.53. The molecule has 1 aromatic rings. The number of nitrogens with zero attached hydrogens (tertiary/aromatic N) is 1. The van der Waals surface area contributed by atoms with Crippen LogP contribution < -0.4 is 0 Å². The molecule has 1 aliphatic rings. The van der Waals surface area contributed by atoms with Gasteiger partial charge in [0.05, 0.1) is 6.61 Å². The van der Waals surface area contributed by atoms with E-state index in [4.69, 9.17) is 0 Å². The predicted octanol–water partition coefficient (Wildman–Crippen LogP) is 1.02. The summed E-state index contributed by atoms with van der Waals surface area (Å²) in [7, 11) is 1.69. The van der Waals surface area contributed by atoms with Gasteiger partial charge in [0.15, 0.2) is 0 Å². The number of hydrogen-bond acceptors (Lipinski definition) is 4. The predicted molar refractivity (Wildman–Crippen MR) is 63.2 cm³/mol. The van der Waals surface area contributed by atoms with Gasteiger partial charge in [-0.3, -0.25) is 9.59 Å². The van der Waals surface area contributed by atoms with E-state index < -0.39 is 11.8 Å². The van der Waals surface area contributed by atoms with E-state index in [-0.39, 0.29) is 18.1 Å². The van der Waals surface area contributed by atoms with Crippen LogP contribution in [0.5, 0.6) is 0 Å². The Morgan fingerprint density at radius 2 is 2.11 bits per heavy atom. The topological polar surface area (TPSA) is 63.7 Å². The van der Waals surface area contributed by atoms with Gasteiger partial charge in [-0.1, -0.05) is 12.1 Å². The number of hydrogen-bond donors (Lipinski definition) is 0. The van der Waals surface area contributed by atoms with Crippen LogP contribution in [0.25, 0.3) is 0 Å². The molecule has 1 amide bonds. The van der Waals surface area contributed by atoms with Crippen LogP contribution in [0.1, 0.15) is 33.2 Å². The molecule has 5 nitrogen and oxygen atoms in total. The number of rotatable bonds is 3. The van der Waals surface area contributed by atoms with Crippen LogP contribution >= 0.6 is 0 Å². The molecule has 5 heteroatoms. The van der Waals surface area contributed by atoms with Crippen LogP contribution in [-0.2, 0) is 16.1 Å². The van der Waals surface area contributed by atoms with Crippen LogP contribution in [0, 0.1) is 0 Å². The summed E-state index contributed by atoms with van der Waals surface area (Å²) in [4.78, 5) is 36.4. The SMILES string of the molecule is CCOC(=O)C(=O)c1ccc2c(c1)C(=O)N(C)C2. The molecule has 0 unspecified atom stereocenters. The van der Waals surface area contributed by atoms with Gasteiger partial charge in [-0.25, -0.2) is 4.79 Å². The number of fused-ring (bicyclic) bond motifs is 1. The maximum atomic E-state index is 11.8. The highest BCUT2D eigenvalue weighted by Gasteiger charge is 2.26. The highest BCUT2D eigenvalue weighted by Crippen LogP contribution is 2.22. The number of Topliss-reactive ketones (excluding diaryl/α,β-unsaturated/α-hetero) is 1. The molecule has 1 heterocycles. The molecule has 0 radical (unpaired) electrons. The van der Waals surface area contributed by atoms with E-state index in [1.165, 1.54) is 6.07 Å². The number of carbonyl (C=O) groups is 3. The quantitative estimate of drug-likeness (QED) is 0.454. The number of amides is 1. The lowest BCUT2D eigenvalue weighted by Crippen LogP contribution is -2.19. The summed E-state index contributed by atoms with van der Waals surface area (Å²) in [5.74, 6) is -1.75. The van der Waals surface area contributed by atoms with Crippen molar-refractivity contribution in [3.63, 3.8) is 0 Å². The van der Waals surface area contributed by atoms with Gasteiger partial charge in [0.1, 0.15) is 0 Å². The van der Waals surface area contributed by atoms with Crippen molar-refractivity contribution in [3.8, 4) is 0 Å². The van der Waals surface area contributed by atoms with E-state index in [0.717, 1.165) is 5.56 Å². The molecule has 0 spiro atoms. The largest absolute Gasteiger partial charge is 0.460 e. The Kier molecular flexibility index (Phi) is 3.14. The zero-order chi connectivity index (χ0) is 13.3. The summed E-state index contributed by atoms with van der Waals surface area (Å²) in [6.07, 6.45) is 0. The lowest BCUT2D eigenvalue weighted by atomic mass is 10.0. The third-order valence-corrected chi connectivity index (χ3v) is 2.82. The van der Waals surface area contributed by atoms with Gasteiger partial charge in [-0.15, -0.1) is 0 Å². The first kappa shape index (κ1) is 12.3. The number of ketones is 1. The molecule has 0 saturated heterocycles. The molecule has 0 atom stereocenters. The highest BCUT2D eigenvalue weighted by atomic mass is 16.5. The van der Waals surface area contributed by atoms with Crippen molar-refractivity contribution in [2.75, 3.05) is 13.7 Å². The number of ether oxygens (including phenoxy) is 1. The second kappa shape index (κ2) is 4.60. The van der Waals surface area contributed by atoms with Crippen LogP contribution in [0.15, 0.2) is 18.2 Å². The van der Waals surface area contributed by atoms with E-state index in [0.29, 0.717) is 12.1 Å². The average molecular weight is 247 g/mol. The van der Waals surface area contributed by atoms with E-state index in [9.17, 15) is 14.4 Å². The molecule has 94 valence electrons. The molecular weight excluding hydrogens is 234 g/mol. The van der Waals surface area contributed by atoms with E-state index in [2.05, 4.69) is 4.74 Å². The van der Waals surface area contributed by atoms with Gasteiger partial charge in [0.25, 0.3) is 11.7 Å². The lowest BCUT2D eigenvalue weighted by Gasteiger charge is -2.04. The Labute approximate surface area is 104 Å². The Bertz CT molecular complexity index is 536. The smallest absolute Gasteiger partial charge is 0.379 e. The molecule has 0 aliphatic carbocycles. The second-order valence-electron chi connectivity index (χ2n) is 4.08. The first-order valence-electron chi connectivity index (χ1n) is 5.64. The Balaban J connectivity index is 2.31. The van der Waals surface area contributed by atoms with Crippen molar-refractivity contribution >= 4 is 17.7 Å². The monoisotopic (exact) mass is 247 g/mol. The summed E-state index contributed by atoms with van der Waals surface area (Å²) in [6.45, 7) is 2.31. The lowest BCUT2D eigenvalue weighted by molar-refractivity contribution is -0.137. The van der Waals surface area contributed by atoms with Gasteiger partial charge in [-0.2, -0.15) is 0 Å². The molecule has 0 fully saturated rings. The third kappa shape index (κ3) is 1.99. The number of esters is 1. The van der Waals surface area contributed by atoms with Crippen LogP contribution in [0.4, 0.5) is 0 Å². The number of benzene rings is 1. The van der Waals surface area contributed by atoms with Crippen molar-refractivity contribution in [1.82, 2.24) is 4.90 Å². The molecule has 0 aromatic heterocycles. The van der Waals surface area contributed by atoms with Crippen molar-refractivity contribution in [3.05, 3.63) is 34.9 Å². The normalized spacial score (nSPS) is 13.4. The van der Waals surface area contributed by atoms with Gasteiger partial charge >= 0.3 is 5.97 Å². The van der Waals surface area contributed by atoms with Crippen molar-refractivity contribution < 1.29 is 19.1 Å². The zero-order valence-corrected chi connectivity index (χ0v) is 10.2. The van der Waals surface area contributed by atoms with Crippen molar-refractivity contribution in [2.24, 2.45) is 0 Å². The summed E-state index contributed by atoms with van der Waals surface area (Å²) in [5, 5.41) is 0. The highest BCUT2D eigenvalue weighted by molar-refractivity contribution is 6.40. The molecule has 0 N–H and O–H groups in total. The molecule has 0 saturated carbocycles. The van der Waals surface area contributed by atoms with Gasteiger partial charge in [0, 0.05) is 24.7 Å². The molecule has 18 heavy (non-hydrogen) atoms. The molecule has 0 bridgehead atoms.